The molecule has 7 nitrogen and oxygen atoms in total. The molecule has 0 fully saturated rings. The van der Waals surface area contributed by atoms with Crippen LogP contribution in [0.15, 0.2) is 96.1 Å². The van der Waals surface area contributed by atoms with Gasteiger partial charge in [0.25, 0.3) is 5.56 Å². The maximum Gasteiger partial charge on any atom is 0.276 e. The molecule has 2 heterocycles. The summed E-state index contributed by atoms with van der Waals surface area (Å²) in [6.45, 7) is 0. The molecule has 3 aromatic carbocycles. The van der Waals surface area contributed by atoms with Gasteiger partial charge in [-0.15, -0.1) is 24.8 Å². The lowest BCUT2D eigenvalue weighted by Crippen LogP contribution is -2.41. The van der Waals surface area contributed by atoms with Crippen molar-refractivity contribution in [2.45, 2.75) is 12.0 Å². The summed E-state index contributed by atoms with van der Waals surface area (Å²) in [5.74, 6) is -1.36. The zero-order valence-corrected chi connectivity index (χ0v) is 21.9. The Bertz CT molecular complexity index is 1570. The molecule has 1 atom stereocenters. The Labute approximate surface area is 230 Å². The number of nitrogens with two attached hydrogens (primary N) is 1. The van der Waals surface area contributed by atoms with Crippen LogP contribution in [-0.4, -0.2) is 26.7 Å². The van der Waals surface area contributed by atoms with Gasteiger partial charge in [-0.1, -0.05) is 60.7 Å². The Balaban J connectivity index is 0.00000200. The van der Waals surface area contributed by atoms with Gasteiger partial charge in [0.05, 0.1) is 12.2 Å². The highest BCUT2D eigenvalue weighted by atomic mass is 35.5. The molecule has 2 aromatic heterocycles. The highest BCUT2D eigenvalue weighted by molar-refractivity contribution is 5.97. The van der Waals surface area contributed by atoms with E-state index in [1.807, 2.05) is 60.7 Å². The molecular formula is C28H26Cl2FN5O2. The smallest absolute Gasteiger partial charge is 0.276 e. The molecule has 0 saturated carbocycles. The topological polar surface area (TPSA) is 106 Å². The molecule has 38 heavy (non-hydrogen) atoms. The van der Waals surface area contributed by atoms with Crippen molar-refractivity contribution in [3.05, 3.63) is 119 Å². The molecule has 0 radical (unpaired) electrons. The van der Waals surface area contributed by atoms with Crippen molar-refractivity contribution in [1.29, 1.82) is 0 Å². The van der Waals surface area contributed by atoms with E-state index in [0.717, 1.165) is 11.1 Å². The lowest BCUT2D eigenvalue weighted by atomic mass is 9.85. The molecule has 4 N–H and O–H groups in total. The fourth-order valence-corrected chi connectivity index (χ4v) is 4.48. The van der Waals surface area contributed by atoms with Crippen LogP contribution < -0.4 is 16.6 Å². The minimum Gasteiger partial charge on any atom is -0.325 e. The average molecular weight is 554 g/mol. The van der Waals surface area contributed by atoms with Crippen LogP contribution in [0.3, 0.4) is 0 Å². The third kappa shape index (κ3) is 5.47. The number of nitrogens with one attached hydrogen (secondary N) is 2. The Kier molecular flexibility index (Phi) is 9.06. The van der Waals surface area contributed by atoms with Crippen LogP contribution in [0, 0.1) is 5.82 Å². The summed E-state index contributed by atoms with van der Waals surface area (Å²) in [7, 11) is 1.59. The summed E-state index contributed by atoms with van der Waals surface area (Å²) in [4.78, 5) is 25.5. The molecule has 1 amide bonds. The van der Waals surface area contributed by atoms with Crippen LogP contribution in [0.1, 0.15) is 17.0 Å². The van der Waals surface area contributed by atoms with Crippen molar-refractivity contribution in [2.24, 2.45) is 12.8 Å². The molecule has 0 aliphatic heterocycles. The molecule has 0 aliphatic rings. The fourth-order valence-electron chi connectivity index (χ4n) is 4.48. The number of aromatic nitrogens is 3. The van der Waals surface area contributed by atoms with Crippen molar-refractivity contribution in [3.8, 4) is 11.1 Å². The summed E-state index contributed by atoms with van der Waals surface area (Å²) < 4.78 is 16.6. The Morgan fingerprint density at radius 3 is 2.16 bits per heavy atom. The second-order valence-corrected chi connectivity index (χ2v) is 8.63. The van der Waals surface area contributed by atoms with Gasteiger partial charge in [0.2, 0.25) is 5.91 Å². The zero-order chi connectivity index (χ0) is 25.2. The van der Waals surface area contributed by atoms with Gasteiger partial charge in [-0.05, 0) is 29.3 Å². The molecular weight excluding hydrogens is 528 g/mol. The predicted octanol–water partition coefficient (Wildman–Crippen LogP) is 5.01. The molecule has 0 bridgehead atoms. The third-order valence-corrected chi connectivity index (χ3v) is 6.29. The van der Waals surface area contributed by atoms with E-state index < -0.39 is 17.8 Å². The largest absolute Gasteiger partial charge is 0.325 e. The number of benzene rings is 3. The number of carbonyl (C=O) groups is 1. The number of anilines is 1. The Morgan fingerprint density at radius 1 is 0.974 bits per heavy atom. The van der Waals surface area contributed by atoms with E-state index in [2.05, 4.69) is 15.5 Å². The van der Waals surface area contributed by atoms with Gasteiger partial charge in [0, 0.05) is 41.4 Å². The van der Waals surface area contributed by atoms with Crippen molar-refractivity contribution in [3.63, 3.8) is 0 Å². The van der Waals surface area contributed by atoms with E-state index in [1.165, 1.54) is 16.8 Å². The Morgan fingerprint density at radius 2 is 1.58 bits per heavy atom. The second-order valence-electron chi connectivity index (χ2n) is 8.63. The minimum absolute atomic E-state index is 0. The summed E-state index contributed by atoms with van der Waals surface area (Å²) >= 11 is 0. The number of amides is 1. The maximum absolute atomic E-state index is 15.2. The van der Waals surface area contributed by atoms with Crippen LogP contribution >= 0.6 is 24.8 Å². The van der Waals surface area contributed by atoms with Gasteiger partial charge in [-0.2, -0.15) is 5.10 Å². The number of hydrogen-bond donors (Lipinski definition) is 3. The lowest BCUT2D eigenvalue weighted by Gasteiger charge is -2.24. The number of hydrogen-bond acceptors (Lipinski definition) is 4. The molecule has 5 rings (SSSR count). The van der Waals surface area contributed by atoms with E-state index in [1.54, 1.807) is 25.4 Å². The van der Waals surface area contributed by atoms with E-state index in [0.29, 0.717) is 16.5 Å². The predicted molar refractivity (Wildman–Crippen MR) is 153 cm³/mol. The van der Waals surface area contributed by atoms with E-state index >= 15 is 4.39 Å². The standard InChI is InChI=1S/C28H24FN5O2.2ClH/c1-34-16-22(21-15-31-33-26(21)28(34)36)20-13-12-19(14-23(20)29)32-27(35)25(30)24(17-8-4-2-5-9-17)18-10-6-3-7-11-18;;/h2-16,24-25H,30H2,1H3,(H,31,33)(H,32,35);2*1H. The van der Waals surface area contributed by atoms with Gasteiger partial charge in [-0.3, -0.25) is 14.7 Å². The number of pyridine rings is 1. The molecule has 0 spiro atoms. The van der Waals surface area contributed by atoms with Gasteiger partial charge in [0.1, 0.15) is 11.3 Å². The number of nitrogens with zero attached hydrogens (tertiary/aromatic N) is 2. The first kappa shape index (κ1) is 28.6. The summed E-state index contributed by atoms with van der Waals surface area (Å²) in [6.07, 6.45) is 3.06. The second kappa shape index (κ2) is 12.0. The van der Waals surface area contributed by atoms with Crippen LogP contribution in [0.25, 0.3) is 22.0 Å². The van der Waals surface area contributed by atoms with Crippen molar-refractivity contribution in [1.82, 2.24) is 14.8 Å². The quantitative estimate of drug-likeness (QED) is 0.275. The van der Waals surface area contributed by atoms with E-state index in [-0.39, 0.29) is 47.5 Å². The van der Waals surface area contributed by atoms with Gasteiger partial charge < -0.3 is 15.6 Å². The van der Waals surface area contributed by atoms with Crippen molar-refractivity contribution < 1.29 is 9.18 Å². The van der Waals surface area contributed by atoms with E-state index in [4.69, 9.17) is 5.73 Å². The molecule has 5 aromatic rings. The maximum atomic E-state index is 15.2. The minimum atomic E-state index is -0.910. The van der Waals surface area contributed by atoms with Crippen molar-refractivity contribution in [2.75, 3.05) is 5.32 Å². The summed E-state index contributed by atoms with van der Waals surface area (Å²) in [6, 6.07) is 22.7. The van der Waals surface area contributed by atoms with Crippen molar-refractivity contribution >= 4 is 47.3 Å². The van der Waals surface area contributed by atoms with Gasteiger partial charge in [-0.25, -0.2) is 4.39 Å². The van der Waals surface area contributed by atoms with E-state index in [9.17, 15) is 9.59 Å². The van der Waals surface area contributed by atoms with Crippen LogP contribution in [0.2, 0.25) is 0 Å². The first-order chi connectivity index (χ1) is 17.4. The number of H-pyrrole nitrogens is 1. The number of rotatable bonds is 6. The average Bonchev–Trinajstić information content (AvgIpc) is 3.38. The summed E-state index contributed by atoms with van der Waals surface area (Å²) in [5.41, 5.74) is 9.41. The first-order valence-corrected chi connectivity index (χ1v) is 11.4. The molecule has 0 aliphatic carbocycles. The molecule has 196 valence electrons. The number of aryl methyl sites for hydroxylation is 1. The fraction of sp³-hybridized carbons (Fsp3) is 0.107. The lowest BCUT2D eigenvalue weighted by molar-refractivity contribution is -0.117. The number of carbonyl (C=O) groups excluding carboxylic acids is 1. The molecule has 0 saturated heterocycles. The molecule has 10 heteroatoms. The highest BCUT2D eigenvalue weighted by Crippen LogP contribution is 2.31. The first-order valence-electron chi connectivity index (χ1n) is 11.4. The van der Waals surface area contributed by atoms with Crippen LogP contribution in [-0.2, 0) is 11.8 Å². The Hall–Kier alpha value is -3.98. The van der Waals surface area contributed by atoms with Gasteiger partial charge >= 0.3 is 0 Å². The third-order valence-electron chi connectivity index (χ3n) is 6.29. The number of aromatic amines is 1. The SMILES string of the molecule is Cl.Cl.Cn1cc(-c2ccc(NC(=O)C(N)C(c3ccccc3)c3ccccc3)cc2F)c2cn[nH]c2c1=O. The number of halogens is 3. The zero-order valence-electron chi connectivity index (χ0n) is 20.3. The van der Waals surface area contributed by atoms with Crippen LogP contribution in [0.5, 0.6) is 0 Å². The van der Waals surface area contributed by atoms with Crippen LogP contribution in [0.4, 0.5) is 10.1 Å². The molecule has 1 unspecified atom stereocenters. The van der Waals surface area contributed by atoms with Gasteiger partial charge in [0.15, 0.2) is 0 Å². The number of fused-ring (bicyclic) bond motifs is 1. The monoisotopic (exact) mass is 553 g/mol. The highest BCUT2D eigenvalue weighted by Gasteiger charge is 2.28. The normalized spacial score (nSPS) is 11.5. The summed E-state index contributed by atoms with van der Waals surface area (Å²) in [5, 5.41) is 9.87.